The van der Waals surface area contributed by atoms with Crippen molar-refractivity contribution in [3.05, 3.63) is 46.7 Å². The Morgan fingerprint density at radius 3 is 2.12 bits per heavy atom. The Labute approximate surface area is 153 Å². The van der Waals surface area contributed by atoms with Gasteiger partial charge in [-0.3, -0.25) is 4.57 Å². The molecule has 0 radical (unpaired) electrons. The van der Waals surface area contributed by atoms with Crippen molar-refractivity contribution in [2.24, 2.45) is 0 Å². The number of rotatable bonds is 7. The van der Waals surface area contributed by atoms with Crippen molar-refractivity contribution in [3.63, 3.8) is 0 Å². The Hall–Kier alpha value is -1.17. The second-order valence-corrected chi connectivity index (χ2v) is 8.61. The number of aryl methyl sites for hydroxylation is 1. The molecule has 1 atom stereocenters. The van der Waals surface area contributed by atoms with Gasteiger partial charge in [0.1, 0.15) is 5.15 Å². The molecule has 2 rings (SSSR count). The molecule has 1 unspecified atom stereocenters. The summed E-state index contributed by atoms with van der Waals surface area (Å²) in [5, 5.41) is 15.4. The molecule has 0 amide bonds. The van der Waals surface area contributed by atoms with Crippen LogP contribution in [0.3, 0.4) is 0 Å². The monoisotopic (exact) mass is 386 g/mol. The lowest BCUT2D eigenvalue weighted by molar-refractivity contribution is 0.101. The molecule has 25 heavy (non-hydrogen) atoms. The largest absolute Gasteiger partial charge is 0.376 e. The second-order valence-electron chi connectivity index (χ2n) is 6.26. The lowest BCUT2D eigenvalue weighted by Crippen LogP contribution is -2.14. The molecule has 0 saturated heterocycles. The Morgan fingerprint density at radius 1 is 1.12 bits per heavy atom. The van der Waals surface area contributed by atoms with Gasteiger partial charge in [-0.2, -0.15) is 5.10 Å². The summed E-state index contributed by atoms with van der Waals surface area (Å²) in [6.45, 7) is 8.60. The van der Waals surface area contributed by atoms with Crippen molar-refractivity contribution >= 4 is 19.2 Å². The molecule has 0 aliphatic rings. The van der Waals surface area contributed by atoms with E-state index >= 15 is 0 Å². The average Bonchev–Trinajstić information content (AvgIpc) is 2.80. The van der Waals surface area contributed by atoms with Crippen LogP contribution in [-0.2, 0) is 13.6 Å². The molecule has 0 saturated carbocycles. The zero-order valence-electron chi connectivity index (χ0n) is 15.0. The zero-order valence-corrected chi connectivity index (χ0v) is 16.7. The van der Waals surface area contributed by atoms with Crippen LogP contribution >= 0.6 is 19.2 Å². The zero-order chi connectivity index (χ0) is 18.8. The number of nitrogens with zero attached hydrogens (tertiary/aromatic N) is 2. The minimum Gasteiger partial charge on any atom is -0.376 e. The normalized spacial score (nSPS) is 13.6. The predicted molar refractivity (Wildman–Crippen MR) is 98.3 cm³/mol. The number of aliphatic hydroxyl groups is 1. The van der Waals surface area contributed by atoms with E-state index in [1.54, 1.807) is 34.6 Å². The van der Waals surface area contributed by atoms with Crippen LogP contribution in [0.1, 0.15) is 44.8 Å². The molecular formula is C17H24ClN2O4P. The van der Waals surface area contributed by atoms with E-state index in [1.165, 1.54) is 4.68 Å². The molecule has 0 bridgehead atoms. The molecule has 8 heteroatoms. The van der Waals surface area contributed by atoms with Crippen molar-refractivity contribution in [3.8, 4) is 5.69 Å². The van der Waals surface area contributed by atoms with E-state index in [1.807, 2.05) is 30.3 Å². The smallest absolute Gasteiger partial charge is 0.364 e. The van der Waals surface area contributed by atoms with E-state index in [0.29, 0.717) is 5.69 Å². The van der Waals surface area contributed by atoms with Crippen LogP contribution in [-0.4, -0.2) is 27.1 Å². The molecule has 1 N–H and O–H groups in total. The number of hydrogen-bond donors (Lipinski definition) is 1. The molecule has 1 heterocycles. The van der Waals surface area contributed by atoms with E-state index in [-0.39, 0.29) is 22.9 Å². The van der Waals surface area contributed by atoms with Gasteiger partial charge in [-0.25, -0.2) is 4.68 Å². The summed E-state index contributed by atoms with van der Waals surface area (Å²) in [6, 6.07) is 9.26. The number of halogens is 1. The fraction of sp³-hybridized carbons (Fsp3) is 0.471. The van der Waals surface area contributed by atoms with Gasteiger partial charge in [-0.05, 0) is 46.8 Å². The van der Waals surface area contributed by atoms with Gasteiger partial charge in [0.15, 0.2) is 5.85 Å². The average molecular weight is 387 g/mol. The van der Waals surface area contributed by atoms with Crippen LogP contribution in [0.25, 0.3) is 5.69 Å². The number of aromatic nitrogens is 2. The standard InChI is InChI=1S/C17H24ClN2O4P/c1-11(2)23-25(22,24-12(3)4)17(21)15-13(5)19-20(16(15)18)14-9-7-6-8-10-14/h6-12,17,21H,1-5H3. The first kappa shape index (κ1) is 20.1. The number of benzene rings is 1. The highest BCUT2D eigenvalue weighted by molar-refractivity contribution is 7.54. The first-order valence-electron chi connectivity index (χ1n) is 8.10. The van der Waals surface area contributed by atoms with E-state index in [4.69, 9.17) is 20.6 Å². The third kappa shape index (κ3) is 4.52. The van der Waals surface area contributed by atoms with E-state index in [0.717, 1.165) is 5.69 Å². The third-order valence-corrected chi connectivity index (χ3v) is 5.97. The Morgan fingerprint density at radius 2 is 1.64 bits per heavy atom. The summed E-state index contributed by atoms with van der Waals surface area (Å²) in [4.78, 5) is 0. The van der Waals surface area contributed by atoms with Crippen LogP contribution in [0, 0.1) is 6.92 Å². The molecule has 1 aromatic heterocycles. The fourth-order valence-electron chi connectivity index (χ4n) is 2.43. The van der Waals surface area contributed by atoms with Crippen molar-refractivity contribution in [1.29, 1.82) is 0 Å². The number of para-hydroxylation sites is 1. The first-order chi connectivity index (χ1) is 11.7. The maximum absolute atomic E-state index is 13.2. The Balaban J connectivity index is 2.49. The maximum atomic E-state index is 13.2. The van der Waals surface area contributed by atoms with E-state index in [9.17, 15) is 9.67 Å². The Kier molecular flexibility index (Phi) is 6.46. The maximum Gasteiger partial charge on any atom is 0.364 e. The van der Waals surface area contributed by atoms with Crippen molar-refractivity contribution in [2.45, 2.75) is 52.7 Å². The highest BCUT2D eigenvalue weighted by Gasteiger charge is 2.41. The van der Waals surface area contributed by atoms with Crippen LogP contribution in [0.4, 0.5) is 0 Å². The quantitative estimate of drug-likeness (QED) is 0.687. The van der Waals surface area contributed by atoms with Crippen molar-refractivity contribution in [1.82, 2.24) is 9.78 Å². The SMILES string of the molecule is Cc1nn(-c2ccccc2)c(Cl)c1C(O)P(=O)(OC(C)C)OC(C)C. The van der Waals surface area contributed by atoms with E-state index < -0.39 is 13.4 Å². The van der Waals surface area contributed by atoms with Crippen LogP contribution in [0.15, 0.2) is 30.3 Å². The summed E-state index contributed by atoms with van der Waals surface area (Å²) in [7, 11) is -3.86. The Bertz CT molecular complexity index is 748. The number of hydrogen-bond acceptors (Lipinski definition) is 5. The van der Waals surface area contributed by atoms with Gasteiger partial charge in [-0.15, -0.1) is 0 Å². The lowest BCUT2D eigenvalue weighted by Gasteiger charge is -2.26. The van der Waals surface area contributed by atoms with Gasteiger partial charge in [0.25, 0.3) is 0 Å². The molecule has 2 aromatic rings. The molecule has 138 valence electrons. The lowest BCUT2D eigenvalue weighted by atomic mass is 10.3. The molecular weight excluding hydrogens is 363 g/mol. The van der Waals surface area contributed by atoms with Gasteiger partial charge in [-0.1, -0.05) is 29.8 Å². The topological polar surface area (TPSA) is 73.6 Å². The minimum atomic E-state index is -3.86. The summed E-state index contributed by atoms with van der Waals surface area (Å²) in [5.74, 6) is -1.53. The van der Waals surface area contributed by atoms with Crippen LogP contribution in [0.5, 0.6) is 0 Å². The van der Waals surface area contributed by atoms with Crippen LogP contribution in [0.2, 0.25) is 5.15 Å². The van der Waals surface area contributed by atoms with Crippen LogP contribution < -0.4 is 0 Å². The molecule has 0 aliphatic carbocycles. The van der Waals surface area contributed by atoms with Crippen molar-refractivity contribution in [2.75, 3.05) is 0 Å². The van der Waals surface area contributed by atoms with Gasteiger partial charge in [0.05, 0.1) is 29.2 Å². The first-order valence-corrected chi connectivity index (χ1v) is 10.1. The van der Waals surface area contributed by atoms with E-state index in [2.05, 4.69) is 5.10 Å². The molecule has 1 aromatic carbocycles. The van der Waals surface area contributed by atoms with Gasteiger partial charge in [0, 0.05) is 0 Å². The number of aliphatic hydroxyl groups excluding tert-OH is 1. The fourth-order valence-corrected chi connectivity index (χ4v) is 4.96. The van der Waals surface area contributed by atoms with Gasteiger partial charge < -0.3 is 14.2 Å². The summed E-state index contributed by atoms with van der Waals surface area (Å²) in [5.41, 5.74) is 1.44. The minimum absolute atomic E-state index is 0.177. The summed E-state index contributed by atoms with van der Waals surface area (Å²) < 4.78 is 25.6. The third-order valence-electron chi connectivity index (χ3n) is 3.32. The second kappa shape index (κ2) is 8.02. The van der Waals surface area contributed by atoms with Gasteiger partial charge >= 0.3 is 7.60 Å². The molecule has 0 spiro atoms. The summed E-state index contributed by atoms with van der Waals surface area (Å²) >= 11 is 6.45. The molecule has 0 fully saturated rings. The highest BCUT2D eigenvalue weighted by atomic mass is 35.5. The summed E-state index contributed by atoms with van der Waals surface area (Å²) in [6.07, 6.45) is -0.773. The van der Waals surface area contributed by atoms with Crippen molar-refractivity contribution < 1.29 is 18.7 Å². The highest BCUT2D eigenvalue weighted by Crippen LogP contribution is 2.62. The molecule has 6 nitrogen and oxygen atoms in total. The van der Waals surface area contributed by atoms with Gasteiger partial charge in [0.2, 0.25) is 0 Å². The predicted octanol–water partition coefficient (Wildman–Crippen LogP) is 4.87. The molecule has 0 aliphatic heterocycles.